The van der Waals surface area contributed by atoms with E-state index in [9.17, 15) is 102 Å². The first-order valence-corrected chi connectivity index (χ1v) is 24.3. The van der Waals surface area contributed by atoms with Crippen LogP contribution in [0.1, 0.15) is 0 Å². The molecule has 6 saturated heterocycles. The summed E-state index contributed by atoms with van der Waals surface area (Å²) in [7, 11) is -4.67. The fraction of sp³-hybridized carbons (Fsp3) is 1.00. The summed E-state index contributed by atoms with van der Waals surface area (Å²) in [6.45, 7) is -6.32. The van der Waals surface area contributed by atoms with Crippen molar-refractivity contribution >= 4 is 10.4 Å². The van der Waals surface area contributed by atoms with Crippen LogP contribution in [0, 0.1) is 0 Å². The van der Waals surface area contributed by atoms with Gasteiger partial charge in [0.25, 0.3) is 0 Å². The maximum Gasteiger partial charge on any atom is 0.394 e. The zero-order chi connectivity index (χ0) is 56.0. The van der Waals surface area contributed by atoms with Gasteiger partial charge < -0.3 is 159 Å². The minimum Gasteiger partial charge on any atom is -0.394 e. The molecule has 0 aromatic rings. The van der Waals surface area contributed by atoms with E-state index in [1.165, 1.54) is 0 Å². The molecule has 6 aliphatic heterocycles. The highest BCUT2D eigenvalue weighted by molar-refractivity contribution is 7.79. The second-order valence-electron chi connectivity index (χ2n) is 17.8. The summed E-state index contributed by atoms with van der Waals surface area (Å²) in [5.74, 6) is 0. The van der Waals surface area contributed by atoms with Gasteiger partial charge in [-0.1, -0.05) is 0 Å². The quantitative estimate of drug-likeness (QED) is 0.0422. The summed E-state index contributed by atoms with van der Waals surface area (Å²) in [5, 5.41) is 208. The monoisotopic (exact) mass is 1130 g/mol. The van der Waals surface area contributed by atoms with Crippen LogP contribution in [-0.4, -0.2) is 357 Å². The van der Waals surface area contributed by atoms with E-state index >= 15 is 0 Å². The first-order valence-electron chi connectivity index (χ1n) is 22.9. The average Bonchev–Trinajstić information content (AvgIpc) is 3.37. The lowest BCUT2D eigenvalue weighted by Crippen LogP contribution is -2.66. The van der Waals surface area contributed by atoms with Crippen molar-refractivity contribution < 1.29 is 176 Å². The molecule has 30 atom stereocenters. The SMILES string of the molecule is O=S(=O)(O)O.OC[C@H]1O[C@H](O[C@H]2[C@H](O)[C@@H](O)[C@@H](O[C@H]3[C@H](O)[C@@H](O)[C@H](OCCO[C@@H]4O[C@H](CO)[C@@H](O[C@H]5O[C@H](CO)[C@@H](O[C@H]6O[C@H](CO)[C@@H](O)[C@H](O)[C@H]6O)[C@H](O)[C@H]5O)[C@H](O)[C@H]4O)O[C@@H]3CO)O[C@@H]2CO)[C@H](O)[C@@H](O)[C@@H]1O. The van der Waals surface area contributed by atoms with Crippen LogP contribution in [0.4, 0.5) is 0 Å². The lowest BCUT2D eigenvalue weighted by Gasteiger charge is -2.48. The Bertz CT molecular complexity index is 1670. The minimum absolute atomic E-state index is 0.510. The maximum absolute atomic E-state index is 11.0. The normalized spacial score (nSPS) is 48.9. The lowest BCUT2D eigenvalue weighted by atomic mass is 9.96. The largest absolute Gasteiger partial charge is 0.394 e. The molecule has 0 unspecified atom stereocenters. The Hall–Kier alpha value is -1.41. The van der Waals surface area contributed by atoms with Crippen LogP contribution in [0.25, 0.3) is 0 Å². The van der Waals surface area contributed by atoms with Crippen molar-refractivity contribution in [2.24, 2.45) is 0 Å². The first kappa shape index (κ1) is 64.4. The molecule has 0 amide bonds. The van der Waals surface area contributed by atoms with Crippen molar-refractivity contribution in [1.82, 2.24) is 0 Å². The predicted octanol–water partition coefficient (Wildman–Crippen LogP) is -14.7. The van der Waals surface area contributed by atoms with Gasteiger partial charge in [-0.2, -0.15) is 8.42 Å². The number of rotatable bonds is 19. The molecule has 37 heteroatoms. The molecule has 6 rings (SSSR count). The third-order valence-corrected chi connectivity index (χ3v) is 12.8. The number of hydrogen-bond acceptors (Lipinski definition) is 34. The summed E-state index contributed by atoms with van der Waals surface area (Å²) in [4.78, 5) is 0. The smallest absolute Gasteiger partial charge is 0.394 e. The van der Waals surface area contributed by atoms with Gasteiger partial charge in [0.2, 0.25) is 0 Å². The Morgan fingerprint density at radius 3 is 0.693 bits per heavy atom. The number of aliphatic hydroxyl groups is 20. The van der Waals surface area contributed by atoms with Gasteiger partial charge in [0, 0.05) is 0 Å². The van der Waals surface area contributed by atoms with Crippen molar-refractivity contribution in [3.8, 4) is 0 Å². The average molecular weight is 1130 g/mol. The molecule has 6 fully saturated rings. The summed E-state index contributed by atoms with van der Waals surface area (Å²) in [5.41, 5.74) is 0. The van der Waals surface area contributed by atoms with E-state index < -0.39 is 247 Å². The predicted molar refractivity (Wildman–Crippen MR) is 224 cm³/mol. The van der Waals surface area contributed by atoms with Crippen LogP contribution in [0.3, 0.4) is 0 Å². The van der Waals surface area contributed by atoms with Crippen LogP contribution in [0.2, 0.25) is 0 Å². The Morgan fingerprint density at radius 2 is 0.467 bits per heavy atom. The van der Waals surface area contributed by atoms with Gasteiger partial charge in [-0.15, -0.1) is 0 Å². The maximum atomic E-state index is 11.0. The molecule has 0 aromatic heterocycles. The minimum atomic E-state index is -4.67. The lowest BCUT2D eigenvalue weighted by molar-refractivity contribution is -0.382. The molecule has 0 bridgehead atoms. The fourth-order valence-electron chi connectivity index (χ4n) is 8.69. The van der Waals surface area contributed by atoms with Crippen molar-refractivity contribution in [2.75, 3.05) is 52.9 Å². The number of aliphatic hydroxyl groups excluding tert-OH is 20. The molecule has 0 radical (unpaired) electrons. The van der Waals surface area contributed by atoms with Crippen LogP contribution in [0.15, 0.2) is 0 Å². The Labute approximate surface area is 423 Å². The number of hydrogen-bond donors (Lipinski definition) is 22. The van der Waals surface area contributed by atoms with Gasteiger partial charge >= 0.3 is 10.4 Å². The van der Waals surface area contributed by atoms with Crippen LogP contribution in [0.5, 0.6) is 0 Å². The second-order valence-corrected chi connectivity index (χ2v) is 18.7. The summed E-state index contributed by atoms with van der Waals surface area (Å²) in [6.07, 6.45) is -53.8. The molecule has 0 spiro atoms. The van der Waals surface area contributed by atoms with Gasteiger partial charge in [-0.05, 0) is 0 Å². The molecule has 0 aliphatic carbocycles. The Morgan fingerprint density at radius 1 is 0.280 bits per heavy atom. The van der Waals surface area contributed by atoms with Crippen LogP contribution < -0.4 is 0 Å². The van der Waals surface area contributed by atoms with Crippen molar-refractivity contribution in [2.45, 2.75) is 184 Å². The topological polar surface area (TPSA) is 590 Å². The van der Waals surface area contributed by atoms with Crippen molar-refractivity contribution in [3.05, 3.63) is 0 Å². The van der Waals surface area contributed by atoms with E-state index in [4.69, 9.17) is 74.4 Å². The van der Waals surface area contributed by atoms with Crippen molar-refractivity contribution in [3.63, 3.8) is 0 Å². The molecule has 6 aliphatic rings. The Balaban J connectivity index is 0.00000198. The highest BCUT2D eigenvalue weighted by Gasteiger charge is 2.56. The van der Waals surface area contributed by atoms with Crippen molar-refractivity contribution in [1.29, 1.82) is 0 Å². The molecule has 6 heterocycles. The van der Waals surface area contributed by atoms with E-state index in [0.717, 1.165) is 0 Å². The molecule has 22 N–H and O–H groups in total. The molecule has 442 valence electrons. The van der Waals surface area contributed by atoms with Gasteiger partial charge in [-0.3, -0.25) is 9.11 Å². The third-order valence-electron chi connectivity index (χ3n) is 12.8. The van der Waals surface area contributed by atoms with E-state index in [-0.39, 0.29) is 0 Å². The summed E-state index contributed by atoms with van der Waals surface area (Å²) < 4.78 is 97.6. The highest BCUT2D eigenvalue weighted by Crippen LogP contribution is 2.35. The van der Waals surface area contributed by atoms with E-state index in [0.29, 0.717) is 0 Å². The number of ether oxygens (including phenoxy) is 12. The van der Waals surface area contributed by atoms with E-state index in [1.807, 2.05) is 0 Å². The first-order chi connectivity index (χ1) is 35.3. The second kappa shape index (κ2) is 28.3. The molecular weight excluding hydrogens is 1060 g/mol. The molecule has 36 nitrogen and oxygen atoms in total. The summed E-state index contributed by atoms with van der Waals surface area (Å²) >= 11 is 0. The van der Waals surface area contributed by atoms with E-state index in [2.05, 4.69) is 0 Å². The third kappa shape index (κ3) is 15.3. The molecule has 75 heavy (non-hydrogen) atoms. The summed E-state index contributed by atoms with van der Waals surface area (Å²) in [6, 6.07) is 0. The molecule has 0 saturated carbocycles. The van der Waals surface area contributed by atoms with Gasteiger partial charge in [0.1, 0.15) is 146 Å². The van der Waals surface area contributed by atoms with Gasteiger partial charge in [0.15, 0.2) is 37.7 Å². The standard InChI is InChI=1S/C38H66O32.H2O4S/c39-3-9-15(45)17(47)23(53)35(61-9)67-31-13(7-43)65-37(27(57)21(31)51)69-29-11(5-41)63-33(25(55)19(29)49)59-1-2-60-34-26(56)20(50)30(12(6-42)64-34)70-38-28(58)22(52)32(14(8-44)66-38)68-36-24(54)18(48)16(46)10(4-40)62-36;1-5(2,3)4/h9-58H,1-8H2;(H2,1,2,3,4)/t9-,10-,11-,12-,13-,14-,15-,16-,17+,18+,19-,20-,21-,22-,23-,24-,25-,26-,27-,28-,29-,30-,31-,32-,33-,34-,35-,36-,37-,38-;/m1./s1. The molecule has 0 aromatic carbocycles. The van der Waals surface area contributed by atoms with Crippen LogP contribution in [-0.2, 0) is 67.2 Å². The van der Waals surface area contributed by atoms with Crippen LogP contribution >= 0.6 is 0 Å². The van der Waals surface area contributed by atoms with E-state index in [1.54, 1.807) is 0 Å². The van der Waals surface area contributed by atoms with Gasteiger partial charge in [-0.25, -0.2) is 0 Å². The zero-order valence-corrected chi connectivity index (χ0v) is 39.8. The fourth-order valence-corrected chi connectivity index (χ4v) is 8.69. The van der Waals surface area contributed by atoms with Gasteiger partial charge in [0.05, 0.1) is 52.9 Å². The molecular formula is C38H68O36S. The highest BCUT2D eigenvalue weighted by atomic mass is 32.3. The zero-order valence-electron chi connectivity index (χ0n) is 38.9. The Kier molecular flexibility index (Phi) is 24.3.